The SMILES string of the molecule is CCCCCc1oc(CCCCCCCCCCCCC(=O)OC[C@H](COP(=O)(O)OCC[N+](C)(C)C)OC(=O)CCCCCC[C@H]2[C@@H](O)CC(=O)[C@@H]2/C=C/[C@@H](O)CCCCC)c(C)c1C. The number of ether oxygens (including phenoxy) is 2. The molecule has 1 heterocycles. The Hall–Kier alpha value is -2.38. The first-order valence-corrected chi connectivity index (χ1v) is 27.4. The van der Waals surface area contributed by atoms with Crippen LogP contribution in [-0.4, -0.2) is 103 Å². The maximum atomic E-state index is 12.9. The highest BCUT2D eigenvalue weighted by molar-refractivity contribution is 7.47. The number of quaternary nitrogens is 1. The van der Waals surface area contributed by atoms with E-state index < -0.39 is 50.6 Å². The Bertz CT molecular complexity index is 1570. The van der Waals surface area contributed by atoms with Gasteiger partial charge in [-0.2, -0.15) is 0 Å². The summed E-state index contributed by atoms with van der Waals surface area (Å²) in [7, 11) is 1.32. The van der Waals surface area contributed by atoms with Crippen molar-refractivity contribution < 1.29 is 61.5 Å². The van der Waals surface area contributed by atoms with Crippen LogP contribution in [-0.2, 0) is 50.3 Å². The number of furan rings is 1. The second-order valence-electron chi connectivity index (χ2n) is 19.9. The van der Waals surface area contributed by atoms with Crippen LogP contribution in [0, 0.1) is 25.7 Å². The number of phosphoric ester groups is 1. The first kappa shape index (κ1) is 59.7. The number of phosphoric acid groups is 1. The quantitative estimate of drug-likeness (QED) is 0.0187. The van der Waals surface area contributed by atoms with Crippen LogP contribution in [0.4, 0.5) is 0 Å². The van der Waals surface area contributed by atoms with Gasteiger partial charge in [0.2, 0.25) is 0 Å². The van der Waals surface area contributed by atoms with Gasteiger partial charge >= 0.3 is 19.8 Å². The largest absolute Gasteiger partial charge is 0.472 e. The monoisotopic (exact) mass is 955 g/mol. The summed E-state index contributed by atoms with van der Waals surface area (Å²) in [6, 6.07) is 0. The minimum absolute atomic E-state index is 0.00143. The first-order valence-electron chi connectivity index (χ1n) is 25.9. The average molecular weight is 955 g/mol. The molecule has 3 N–H and O–H groups in total. The number of aliphatic hydroxyl groups excluding tert-OH is 2. The van der Waals surface area contributed by atoms with E-state index in [0.717, 1.165) is 77.0 Å². The van der Waals surface area contributed by atoms with Gasteiger partial charge in [0.25, 0.3) is 0 Å². The van der Waals surface area contributed by atoms with Gasteiger partial charge < -0.3 is 33.5 Å². The normalized spacial score (nSPS) is 18.5. The molecule has 13 nitrogen and oxygen atoms in total. The maximum absolute atomic E-state index is 12.9. The Labute approximate surface area is 399 Å². The lowest BCUT2D eigenvalue weighted by atomic mass is 9.88. The highest BCUT2D eigenvalue weighted by Gasteiger charge is 2.39. The van der Waals surface area contributed by atoms with Gasteiger partial charge in [0.05, 0.1) is 40.0 Å². The molecule has 2 rings (SSSR count). The van der Waals surface area contributed by atoms with Crippen LogP contribution in [0.3, 0.4) is 0 Å². The smallest absolute Gasteiger partial charge is 0.466 e. The van der Waals surface area contributed by atoms with Crippen LogP contribution in [0.2, 0.25) is 0 Å². The van der Waals surface area contributed by atoms with Gasteiger partial charge in [-0.3, -0.25) is 23.4 Å². The van der Waals surface area contributed by atoms with E-state index in [9.17, 15) is 34.1 Å². The molecular formula is C52H93NO12P+. The van der Waals surface area contributed by atoms with Crippen molar-refractivity contribution in [3.63, 3.8) is 0 Å². The number of hydrogen-bond acceptors (Lipinski definition) is 11. The van der Waals surface area contributed by atoms with Gasteiger partial charge in [-0.25, -0.2) is 4.57 Å². The van der Waals surface area contributed by atoms with Gasteiger partial charge in [0, 0.05) is 38.0 Å². The van der Waals surface area contributed by atoms with E-state index in [4.69, 9.17) is 22.9 Å². The molecule has 1 fully saturated rings. The summed E-state index contributed by atoms with van der Waals surface area (Å²) in [5, 5.41) is 20.9. The van der Waals surface area contributed by atoms with E-state index in [2.05, 4.69) is 27.7 Å². The highest BCUT2D eigenvalue weighted by Crippen LogP contribution is 2.43. The number of allylic oxidation sites excluding steroid dienone is 1. The third kappa shape index (κ3) is 27.0. The van der Waals surface area contributed by atoms with Gasteiger partial charge in [-0.1, -0.05) is 129 Å². The van der Waals surface area contributed by atoms with Crippen LogP contribution >= 0.6 is 7.82 Å². The second kappa shape index (κ2) is 34.0. The van der Waals surface area contributed by atoms with Crippen LogP contribution in [0.1, 0.15) is 197 Å². The van der Waals surface area contributed by atoms with Gasteiger partial charge in [-0.05, 0) is 69.4 Å². The summed E-state index contributed by atoms with van der Waals surface area (Å²) in [6.45, 7) is 8.40. The lowest BCUT2D eigenvalue weighted by molar-refractivity contribution is -0.870. The number of aryl methyl sites for hydroxylation is 2. The summed E-state index contributed by atoms with van der Waals surface area (Å²) in [4.78, 5) is 48.4. The molecule has 0 radical (unpaired) electrons. The van der Waals surface area contributed by atoms with E-state index in [1.807, 2.05) is 21.1 Å². The molecule has 1 aromatic rings. The molecule has 0 saturated heterocycles. The highest BCUT2D eigenvalue weighted by atomic mass is 31.2. The standard InChI is InChI=1S/C52H92NO12P/c1-8-10-22-28-43(54)34-35-46-45(47(55)38-48(46)56)29-24-20-21-27-33-52(58)64-44(40-63-66(59,60)62-37-36-53(5,6)7)39-61-51(57)32-26-19-17-15-13-12-14-16-18-25-31-50-42(4)41(3)49(65-50)30-23-11-9-2/h34-35,43-47,54-55H,8-33,36-40H2,1-7H3/p+1/b35-34+/t43-,44+,45+,46+,47-/m0/s1. The van der Waals surface area contributed by atoms with Crippen molar-refractivity contribution in [3.8, 4) is 0 Å². The zero-order chi connectivity index (χ0) is 48.8. The number of esters is 2. The molecule has 0 spiro atoms. The number of likely N-dealkylation sites (N-methyl/N-ethyl adjacent to an activating group) is 1. The predicted octanol–water partition coefficient (Wildman–Crippen LogP) is 11.2. The predicted molar refractivity (Wildman–Crippen MR) is 261 cm³/mol. The minimum Gasteiger partial charge on any atom is -0.466 e. The number of carbonyl (C=O) groups excluding carboxylic acids is 3. The fourth-order valence-corrected chi connectivity index (χ4v) is 9.25. The first-order chi connectivity index (χ1) is 31.5. The molecule has 66 heavy (non-hydrogen) atoms. The molecule has 6 atom stereocenters. The molecular weight excluding hydrogens is 862 g/mol. The molecule has 0 bridgehead atoms. The van der Waals surface area contributed by atoms with Gasteiger partial charge in [0.15, 0.2) is 6.10 Å². The molecule has 14 heteroatoms. The van der Waals surface area contributed by atoms with Crippen LogP contribution in [0.25, 0.3) is 0 Å². The van der Waals surface area contributed by atoms with Crippen LogP contribution in [0.15, 0.2) is 16.6 Å². The van der Waals surface area contributed by atoms with E-state index in [1.54, 1.807) is 12.2 Å². The molecule has 382 valence electrons. The Morgan fingerprint density at radius 2 is 1.29 bits per heavy atom. The maximum Gasteiger partial charge on any atom is 0.472 e. The number of carbonyl (C=O) groups is 3. The van der Waals surface area contributed by atoms with Gasteiger partial charge in [0.1, 0.15) is 37.1 Å². The van der Waals surface area contributed by atoms with E-state index >= 15 is 0 Å². The summed E-state index contributed by atoms with van der Waals surface area (Å²) in [6.07, 6.45) is 25.5. The van der Waals surface area contributed by atoms with Gasteiger partial charge in [-0.15, -0.1) is 0 Å². The Morgan fingerprint density at radius 3 is 1.88 bits per heavy atom. The fourth-order valence-electron chi connectivity index (χ4n) is 8.51. The molecule has 1 aliphatic rings. The van der Waals surface area contributed by atoms with Crippen molar-refractivity contribution in [2.45, 2.75) is 219 Å². The van der Waals surface area contributed by atoms with Crippen LogP contribution < -0.4 is 0 Å². The number of ketones is 1. The fraction of sp³-hybridized carbons (Fsp3) is 0.827. The lowest BCUT2D eigenvalue weighted by Crippen LogP contribution is -2.37. The molecule has 1 aliphatic carbocycles. The third-order valence-electron chi connectivity index (χ3n) is 12.9. The zero-order valence-electron chi connectivity index (χ0n) is 42.4. The van der Waals surface area contributed by atoms with Crippen molar-refractivity contribution in [2.24, 2.45) is 11.8 Å². The van der Waals surface area contributed by atoms with E-state index in [1.165, 1.54) is 74.0 Å². The van der Waals surface area contributed by atoms with Crippen molar-refractivity contribution in [3.05, 3.63) is 34.8 Å². The molecule has 1 saturated carbocycles. The number of unbranched alkanes of at least 4 members (excludes halogenated alkanes) is 16. The number of nitrogens with zero attached hydrogens (tertiary/aromatic N) is 1. The Kier molecular flexibility index (Phi) is 30.8. The molecule has 0 amide bonds. The Morgan fingerprint density at radius 1 is 0.758 bits per heavy atom. The van der Waals surface area contributed by atoms with Crippen molar-refractivity contribution in [1.29, 1.82) is 0 Å². The number of aliphatic hydroxyl groups is 2. The molecule has 0 aromatic carbocycles. The van der Waals surface area contributed by atoms with Crippen molar-refractivity contribution >= 4 is 25.5 Å². The summed E-state index contributed by atoms with van der Waals surface area (Å²) < 4.78 is 40.7. The average Bonchev–Trinajstić information content (AvgIpc) is 3.68. The number of rotatable bonds is 40. The van der Waals surface area contributed by atoms with Crippen molar-refractivity contribution in [1.82, 2.24) is 0 Å². The lowest BCUT2D eigenvalue weighted by Gasteiger charge is -2.24. The zero-order valence-corrected chi connectivity index (χ0v) is 43.3. The third-order valence-corrected chi connectivity index (χ3v) is 13.9. The topological polar surface area (TPSA) is 179 Å². The summed E-state index contributed by atoms with van der Waals surface area (Å²) >= 11 is 0. The van der Waals surface area contributed by atoms with Crippen molar-refractivity contribution in [2.75, 3.05) is 47.5 Å². The summed E-state index contributed by atoms with van der Waals surface area (Å²) in [5.74, 6) is 0.800. The van der Waals surface area contributed by atoms with E-state index in [0.29, 0.717) is 36.7 Å². The summed E-state index contributed by atoms with van der Waals surface area (Å²) in [5.41, 5.74) is 2.67. The number of Topliss-reactive ketones (excluding diaryl/α,β-unsaturated/α-hetero) is 1. The number of hydrogen-bond donors (Lipinski definition) is 3. The molecule has 1 unspecified atom stereocenters. The van der Waals surface area contributed by atoms with E-state index in [-0.39, 0.29) is 44.2 Å². The Balaban J connectivity index is 1.68. The second-order valence-corrected chi connectivity index (χ2v) is 21.4. The molecule has 0 aliphatic heterocycles. The van der Waals surface area contributed by atoms with Crippen LogP contribution in [0.5, 0.6) is 0 Å². The molecule has 1 aromatic heterocycles. The minimum atomic E-state index is -4.46.